The molecule has 0 aliphatic rings. The Labute approximate surface area is 91.4 Å². The number of nitrogens with zero attached hydrogens (tertiary/aromatic N) is 1. The van der Waals surface area contributed by atoms with E-state index in [1.54, 1.807) is 0 Å². The van der Waals surface area contributed by atoms with E-state index in [2.05, 4.69) is 5.32 Å². The maximum atomic E-state index is 11.2. The van der Waals surface area contributed by atoms with Crippen LogP contribution in [0.15, 0.2) is 18.2 Å². The molecule has 16 heavy (non-hydrogen) atoms. The van der Waals surface area contributed by atoms with E-state index in [0.29, 0.717) is 0 Å². The zero-order chi connectivity index (χ0) is 12.3. The van der Waals surface area contributed by atoms with Gasteiger partial charge in [-0.05, 0) is 13.0 Å². The molecule has 1 amide bonds. The number of amides is 1. The van der Waals surface area contributed by atoms with E-state index in [4.69, 9.17) is 0 Å². The smallest absolute Gasteiger partial charge is 0.271 e. The summed E-state index contributed by atoms with van der Waals surface area (Å²) < 4.78 is 0. The van der Waals surface area contributed by atoms with Gasteiger partial charge in [-0.25, -0.2) is 0 Å². The highest BCUT2D eigenvalue weighted by atomic mass is 16.6. The first-order valence-corrected chi connectivity index (χ1v) is 4.49. The van der Waals surface area contributed by atoms with Crippen molar-refractivity contribution in [3.8, 4) is 0 Å². The van der Waals surface area contributed by atoms with E-state index < -0.39 is 4.92 Å². The van der Waals surface area contributed by atoms with E-state index in [1.807, 2.05) is 0 Å². The van der Waals surface area contributed by atoms with Gasteiger partial charge in [-0.15, -0.1) is 0 Å². The van der Waals surface area contributed by atoms with Crippen molar-refractivity contribution in [3.05, 3.63) is 33.9 Å². The van der Waals surface area contributed by atoms with Crippen LogP contribution in [0.3, 0.4) is 0 Å². The summed E-state index contributed by atoms with van der Waals surface area (Å²) in [5, 5.41) is 12.9. The van der Waals surface area contributed by atoms with Crippen molar-refractivity contribution in [2.24, 2.45) is 0 Å². The largest absolute Gasteiger partial charge is 0.325 e. The predicted octanol–water partition coefficient (Wildman–Crippen LogP) is 1.76. The zero-order valence-corrected chi connectivity index (χ0v) is 8.81. The van der Waals surface area contributed by atoms with Crippen molar-refractivity contribution in [2.45, 2.75) is 13.8 Å². The third-order valence-electron chi connectivity index (χ3n) is 1.90. The maximum absolute atomic E-state index is 11.2. The lowest BCUT2D eigenvalue weighted by atomic mass is 10.1. The fourth-order valence-electron chi connectivity index (χ4n) is 1.25. The molecule has 0 aromatic heterocycles. The Morgan fingerprint density at radius 3 is 2.38 bits per heavy atom. The number of hydrogen-bond donors (Lipinski definition) is 1. The molecular formula is C10H10N2O4. The topological polar surface area (TPSA) is 89.3 Å². The Kier molecular flexibility index (Phi) is 3.34. The van der Waals surface area contributed by atoms with E-state index in [-0.39, 0.29) is 28.6 Å². The maximum Gasteiger partial charge on any atom is 0.271 e. The molecule has 84 valence electrons. The Hall–Kier alpha value is -2.24. The molecule has 0 unspecified atom stereocenters. The summed E-state index contributed by atoms with van der Waals surface area (Å²) in [6.45, 7) is 2.59. The first kappa shape index (κ1) is 11.8. The second-order valence-corrected chi connectivity index (χ2v) is 3.22. The van der Waals surface area contributed by atoms with Gasteiger partial charge in [0.25, 0.3) is 5.69 Å². The van der Waals surface area contributed by atoms with Crippen LogP contribution in [-0.4, -0.2) is 16.6 Å². The van der Waals surface area contributed by atoms with Crippen LogP contribution in [0.4, 0.5) is 11.4 Å². The molecule has 6 nitrogen and oxygen atoms in total. The average molecular weight is 222 g/mol. The zero-order valence-electron chi connectivity index (χ0n) is 8.81. The van der Waals surface area contributed by atoms with Crippen molar-refractivity contribution < 1.29 is 14.5 Å². The molecule has 6 heteroatoms. The summed E-state index contributed by atoms with van der Waals surface area (Å²) >= 11 is 0. The van der Waals surface area contributed by atoms with Gasteiger partial charge in [-0.1, -0.05) is 0 Å². The minimum absolute atomic E-state index is 0.161. The summed E-state index contributed by atoms with van der Waals surface area (Å²) in [6.07, 6.45) is 0. The van der Waals surface area contributed by atoms with Gasteiger partial charge >= 0.3 is 0 Å². The van der Waals surface area contributed by atoms with Crippen molar-refractivity contribution >= 4 is 23.1 Å². The van der Waals surface area contributed by atoms with Gasteiger partial charge in [0.15, 0.2) is 5.78 Å². The number of non-ortho nitro benzene ring substituents is 1. The lowest BCUT2D eigenvalue weighted by molar-refractivity contribution is -0.384. The van der Waals surface area contributed by atoms with Gasteiger partial charge in [0.1, 0.15) is 0 Å². The van der Waals surface area contributed by atoms with Crippen LogP contribution in [0, 0.1) is 10.1 Å². The molecule has 1 rings (SSSR count). The number of nitro benzene ring substituents is 1. The number of Topliss-reactive ketones (excluding diaryl/α,β-unsaturated/α-hetero) is 1. The Morgan fingerprint density at radius 2 is 1.94 bits per heavy atom. The summed E-state index contributed by atoms with van der Waals surface area (Å²) in [6, 6.07) is 3.71. The van der Waals surface area contributed by atoms with Crippen LogP contribution >= 0.6 is 0 Å². The SMILES string of the molecule is CC(=O)Nc1cc([N+](=O)[O-])ccc1C(C)=O. The minimum atomic E-state index is -0.588. The van der Waals surface area contributed by atoms with E-state index in [9.17, 15) is 19.7 Å². The number of ketones is 1. The number of carbonyl (C=O) groups is 2. The van der Waals surface area contributed by atoms with Crippen molar-refractivity contribution in [1.82, 2.24) is 0 Å². The van der Waals surface area contributed by atoms with Gasteiger partial charge in [-0.2, -0.15) is 0 Å². The number of hydrogen-bond acceptors (Lipinski definition) is 4. The second kappa shape index (κ2) is 4.52. The van der Waals surface area contributed by atoms with Gasteiger partial charge in [-0.3, -0.25) is 19.7 Å². The first-order valence-electron chi connectivity index (χ1n) is 4.49. The van der Waals surface area contributed by atoms with Crippen LogP contribution in [-0.2, 0) is 4.79 Å². The quantitative estimate of drug-likeness (QED) is 0.479. The van der Waals surface area contributed by atoms with Gasteiger partial charge in [0, 0.05) is 24.6 Å². The lowest BCUT2D eigenvalue weighted by Crippen LogP contribution is -2.10. The Bertz CT molecular complexity index is 468. The lowest BCUT2D eigenvalue weighted by Gasteiger charge is -2.06. The molecule has 0 fully saturated rings. The second-order valence-electron chi connectivity index (χ2n) is 3.22. The summed E-state index contributed by atoms with van der Waals surface area (Å²) in [5.41, 5.74) is 0.240. The molecule has 0 radical (unpaired) electrons. The van der Waals surface area contributed by atoms with E-state index in [1.165, 1.54) is 26.0 Å². The highest BCUT2D eigenvalue weighted by Crippen LogP contribution is 2.22. The highest BCUT2D eigenvalue weighted by molar-refractivity contribution is 6.03. The van der Waals surface area contributed by atoms with Gasteiger partial charge in [0.05, 0.1) is 10.6 Å². The number of nitro groups is 1. The van der Waals surface area contributed by atoms with Crippen molar-refractivity contribution in [1.29, 1.82) is 0 Å². The fourth-order valence-corrected chi connectivity index (χ4v) is 1.25. The molecule has 0 saturated heterocycles. The van der Waals surface area contributed by atoms with Crippen molar-refractivity contribution in [3.63, 3.8) is 0 Å². The molecule has 1 N–H and O–H groups in total. The van der Waals surface area contributed by atoms with Crippen LogP contribution < -0.4 is 5.32 Å². The van der Waals surface area contributed by atoms with Crippen LogP contribution in [0.25, 0.3) is 0 Å². The van der Waals surface area contributed by atoms with E-state index >= 15 is 0 Å². The highest BCUT2D eigenvalue weighted by Gasteiger charge is 2.14. The summed E-state index contributed by atoms with van der Waals surface area (Å²) in [5.74, 6) is -0.651. The molecular weight excluding hydrogens is 212 g/mol. The van der Waals surface area contributed by atoms with Crippen molar-refractivity contribution in [2.75, 3.05) is 5.32 Å². The Balaban J connectivity index is 3.26. The van der Waals surface area contributed by atoms with E-state index in [0.717, 1.165) is 6.07 Å². The predicted molar refractivity (Wildman–Crippen MR) is 57.4 cm³/mol. The molecule has 0 aliphatic heterocycles. The number of rotatable bonds is 3. The molecule has 1 aromatic rings. The molecule has 0 aliphatic carbocycles. The third-order valence-corrected chi connectivity index (χ3v) is 1.90. The summed E-state index contributed by atoms with van der Waals surface area (Å²) in [7, 11) is 0. The van der Waals surface area contributed by atoms with Crippen LogP contribution in [0.5, 0.6) is 0 Å². The number of nitrogens with one attached hydrogen (secondary N) is 1. The number of benzene rings is 1. The van der Waals surface area contributed by atoms with Gasteiger partial charge < -0.3 is 5.32 Å². The fraction of sp³-hybridized carbons (Fsp3) is 0.200. The monoisotopic (exact) mass is 222 g/mol. The van der Waals surface area contributed by atoms with Crippen LogP contribution in [0.1, 0.15) is 24.2 Å². The molecule has 1 aromatic carbocycles. The number of anilines is 1. The standard InChI is InChI=1S/C10H10N2O4/c1-6(13)9-4-3-8(12(15)16)5-10(9)11-7(2)14/h3-5H,1-2H3,(H,11,14). The molecule has 0 heterocycles. The molecule has 0 atom stereocenters. The van der Waals surface area contributed by atoms with Crippen LogP contribution in [0.2, 0.25) is 0 Å². The Morgan fingerprint density at radius 1 is 1.31 bits per heavy atom. The molecule has 0 bridgehead atoms. The minimum Gasteiger partial charge on any atom is -0.325 e. The molecule has 0 spiro atoms. The first-order chi connectivity index (χ1) is 7.41. The normalized spacial score (nSPS) is 9.62. The third kappa shape index (κ3) is 2.63. The van der Waals surface area contributed by atoms with Gasteiger partial charge in [0.2, 0.25) is 5.91 Å². The average Bonchev–Trinajstić information content (AvgIpc) is 2.15. The number of carbonyl (C=O) groups excluding carboxylic acids is 2. The summed E-state index contributed by atoms with van der Waals surface area (Å²) in [4.78, 5) is 32.0. The molecule has 0 saturated carbocycles.